The molecule has 3 rings (SSSR count). The third kappa shape index (κ3) is 5.52. The van der Waals surface area contributed by atoms with Crippen LogP contribution in [0.1, 0.15) is 15.9 Å². The first-order chi connectivity index (χ1) is 15.2. The fourth-order valence-electron chi connectivity index (χ4n) is 3.58. The van der Waals surface area contributed by atoms with Crippen LogP contribution in [0.3, 0.4) is 0 Å². The summed E-state index contributed by atoms with van der Waals surface area (Å²) in [6.45, 7) is 1.75. The van der Waals surface area contributed by atoms with E-state index in [1.807, 2.05) is 50.3 Å². The van der Waals surface area contributed by atoms with Crippen molar-refractivity contribution in [1.29, 1.82) is 0 Å². The van der Waals surface area contributed by atoms with Crippen molar-refractivity contribution in [2.75, 3.05) is 58.2 Å². The lowest BCUT2D eigenvalue weighted by Gasteiger charge is -2.28. The van der Waals surface area contributed by atoms with E-state index in [-0.39, 0.29) is 18.1 Å². The van der Waals surface area contributed by atoms with E-state index in [0.717, 1.165) is 17.9 Å². The highest BCUT2D eigenvalue weighted by atomic mass is 79.9. The molecule has 0 unspecified atom stereocenters. The van der Waals surface area contributed by atoms with Crippen molar-refractivity contribution >= 4 is 39.1 Å². The number of carbonyl (C=O) groups is 2. The molecular formula is C23H29BrN4O4. The van der Waals surface area contributed by atoms with Crippen molar-refractivity contribution in [2.24, 2.45) is 11.7 Å². The van der Waals surface area contributed by atoms with Crippen LogP contribution in [0.5, 0.6) is 11.5 Å². The van der Waals surface area contributed by atoms with Gasteiger partial charge in [-0.25, -0.2) is 0 Å². The van der Waals surface area contributed by atoms with Crippen LogP contribution in [-0.2, 0) is 11.2 Å². The van der Waals surface area contributed by atoms with Crippen molar-refractivity contribution in [2.45, 2.75) is 6.42 Å². The van der Waals surface area contributed by atoms with Crippen LogP contribution in [0.2, 0.25) is 0 Å². The maximum atomic E-state index is 13.2. The molecule has 0 aromatic heterocycles. The minimum Gasteiger partial charge on any atom is -0.497 e. The lowest BCUT2D eigenvalue weighted by molar-refractivity contribution is -0.121. The smallest absolute Gasteiger partial charge is 0.250 e. The van der Waals surface area contributed by atoms with E-state index >= 15 is 0 Å². The van der Waals surface area contributed by atoms with Gasteiger partial charge in [-0.2, -0.15) is 0 Å². The number of methoxy groups -OCH3 is 1. The molecule has 1 aliphatic rings. The molecule has 8 nitrogen and oxygen atoms in total. The predicted octanol–water partition coefficient (Wildman–Crippen LogP) is 2.74. The van der Waals surface area contributed by atoms with Crippen LogP contribution in [-0.4, -0.2) is 64.7 Å². The molecule has 0 saturated carbocycles. The monoisotopic (exact) mass is 504 g/mol. The Hall–Kier alpha value is -2.78. The number of likely N-dealkylation sites (N-methyl/N-ethyl adjacent to an activating group) is 2. The van der Waals surface area contributed by atoms with Gasteiger partial charge in [0.1, 0.15) is 18.1 Å². The molecule has 0 bridgehead atoms. The second kappa shape index (κ2) is 10.2. The highest BCUT2D eigenvalue weighted by Crippen LogP contribution is 2.35. The fraction of sp³-hybridized carbons (Fsp3) is 0.391. The molecule has 0 fully saturated rings. The molecule has 9 heteroatoms. The van der Waals surface area contributed by atoms with Crippen LogP contribution >= 0.6 is 15.9 Å². The Morgan fingerprint density at radius 3 is 2.62 bits per heavy atom. The largest absolute Gasteiger partial charge is 0.497 e. The molecule has 1 heterocycles. The molecule has 0 spiro atoms. The van der Waals surface area contributed by atoms with Gasteiger partial charge in [0.25, 0.3) is 5.91 Å². The summed E-state index contributed by atoms with van der Waals surface area (Å²) in [5, 5.41) is 2.96. The quantitative estimate of drug-likeness (QED) is 0.573. The number of hydrogen-bond donors (Lipinski definition) is 2. The Morgan fingerprint density at radius 2 is 1.97 bits per heavy atom. The Morgan fingerprint density at radius 1 is 1.22 bits per heavy atom. The van der Waals surface area contributed by atoms with Gasteiger partial charge in [0.2, 0.25) is 5.91 Å². The van der Waals surface area contributed by atoms with Gasteiger partial charge in [0, 0.05) is 24.6 Å². The zero-order chi connectivity index (χ0) is 23.4. The molecule has 0 saturated heterocycles. The minimum atomic E-state index is -0.612. The van der Waals surface area contributed by atoms with Crippen LogP contribution in [0, 0.1) is 5.92 Å². The van der Waals surface area contributed by atoms with Crippen molar-refractivity contribution in [3.05, 3.63) is 45.9 Å². The average molecular weight is 505 g/mol. The standard InChI is InChI=1S/C23H29BrN4O4/c1-27(2)7-8-28(3)19-12-16(24)11-18(22(25)29)21(19)26-23(30)15-9-14-10-17(31-4)5-6-20(14)32-13-15/h5-6,10-12,15H,7-9,13H2,1-4H3,(H2,25,29)(H,26,30)/t15-/m0/s1. The Balaban J connectivity index is 1.88. The SMILES string of the molecule is COc1ccc2c(c1)C[C@H](C(=O)Nc1c(C(N)=O)cc(Br)cc1N(C)CCN(C)C)CO2. The summed E-state index contributed by atoms with van der Waals surface area (Å²) < 4.78 is 11.8. The van der Waals surface area contributed by atoms with E-state index in [4.69, 9.17) is 15.2 Å². The van der Waals surface area contributed by atoms with Crippen LogP contribution in [0.4, 0.5) is 11.4 Å². The summed E-state index contributed by atoms with van der Waals surface area (Å²) in [5.74, 6) is 0.200. The van der Waals surface area contributed by atoms with Gasteiger partial charge in [0.15, 0.2) is 0 Å². The molecule has 2 amide bonds. The van der Waals surface area contributed by atoms with Gasteiger partial charge in [0.05, 0.1) is 30.0 Å². The molecule has 1 atom stereocenters. The number of fused-ring (bicyclic) bond motifs is 1. The molecule has 172 valence electrons. The zero-order valence-corrected chi connectivity index (χ0v) is 20.4. The lowest BCUT2D eigenvalue weighted by Crippen LogP contribution is -2.34. The van der Waals surface area contributed by atoms with E-state index < -0.39 is 11.8 Å². The third-order valence-corrected chi connectivity index (χ3v) is 5.89. The Bertz CT molecular complexity index is 1010. The van der Waals surface area contributed by atoms with Gasteiger partial charge in [-0.15, -0.1) is 0 Å². The van der Waals surface area contributed by atoms with Crippen molar-refractivity contribution in [1.82, 2.24) is 4.90 Å². The second-order valence-electron chi connectivity index (χ2n) is 8.11. The Kier molecular flexibility index (Phi) is 7.63. The number of nitrogens with one attached hydrogen (secondary N) is 1. The number of rotatable bonds is 8. The topological polar surface area (TPSA) is 97.1 Å². The highest BCUT2D eigenvalue weighted by Gasteiger charge is 2.28. The van der Waals surface area contributed by atoms with E-state index in [1.165, 1.54) is 0 Å². The minimum absolute atomic E-state index is 0.231. The van der Waals surface area contributed by atoms with E-state index in [1.54, 1.807) is 13.2 Å². The fourth-order valence-corrected chi connectivity index (χ4v) is 4.03. The van der Waals surface area contributed by atoms with Gasteiger partial charge >= 0.3 is 0 Å². The number of primary amides is 1. The normalized spacial score (nSPS) is 15.0. The number of amides is 2. The summed E-state index contributed by atoms with van der Waals surface area (Å²) in [4.78, 5) is 29.5. The first-order valence-electron chi connectivity index (χ1n) is 10.3. The van der Waals surface area contributed by atoms with Crippen LogP contribution in [0.25, 0.3) is 0 Å². The molecule has 32 heavy (non-hydrogen) atoms. The predicted molar refractivity (Wildman–Crippen MR) is 129 cm³/mol. The number of ether oxygens (including phenoxy) is 2. The number of hydrogen-bond acceptors (Lipinski definition) is 6. The molecule has 0 aliphatic carbocycles. The summed E-state index contributed by atoms with van der Waals surface area (Å²) in [5.41, 5.74) is 7.92. The van der Waals surface area contributed by atoms with E-state index in [9.17, 15) is 9.59 Å². The van der Waals surface area contributed by atoms with Gasteiger partial charge in [-0.05, 0) is 56.4 Å². The number of nitrogens with two attached hydrogens (primary N) is 1. The van der Waals surface area contributed by atoms with Gasteiger partial charge in [-0.1, -0.05) is 15.9 Å². The summed E-state index contributed by atoms with van der Waals surface area (Å²) in [6, 6.07) is 9.05. The first kappa shape index (κ1) is 23.9. The molecular weight excluding hydrogens is 476 g/mol. The van der Waals surface area contributed by atoms with Crippen LogP contribution in [0.15, 0.2) is 34.8 Å². The number of anilines is 2. The Labute approximate surface area is 196 Å². The van der Waals surface area contributed by atoms with Gasteiger partial charge in [-0.3, -0.25) is 9.59 Å². The zero-order valence-electron chi connectivity index (χ0n) is 18.8. The van der Waals surface area contributed by atoms with E-state index in [2.05, 4.69) is 26.1 Å². The third-order valence-electron chi connectivity index (χ3n) is 5.43. The molecule has 1 aliphatic heterocycles. The van der Waals surface area contributed by atoms with Crippen molar-refractivity contribution in [3.8, 4) is 11.5 Å². The van der Waals surface area contributed by atoms with Crippen LogP contribution < -0.4 is 25.4 Å². The maximum absolute atomic E-state index is 13.2. The molecule has 3 N–H and O–H groups in total. The maximum Gasteiger partial charge on any atom is 0.250 e. The summed E-state index contributed by atoms with van der Waals surface area (Å²) >= 11 is 3.45. The second-order valence-corrected chi connectivity index (χ2v) is 9.03. The summed E-state index contributed by atoms with van der Waals surface area (Å²) in [7, 11) is 7.49. The lowest BCUT2D eigenvalue weighted by atomic mass is 9.95. The number of nitrogens with zero attached hydrogens (tertiary/aromatic N) is 2. The molecule has 0 radical (unpaired) electrons. The summed E-state index contributed by atoms with van der Waals surface area (Å²) in [6.07, 6.45) is 0.507. The average Bonchev–Trinajstić information content (AvgIpc) is 2.77. The number of halogens is 1. The number of carbonyl (C=O) groups excluding carboxylic acids is 2. The highest BCUT2D eigenvalue weighted by molar-refractivity contribution is 9.10. The van der Waals surface area contributed by atoms with Crippen molar-refractivity contribution < 1.29 is 19.1 Å². The van der Waals surface area contributed by atoms with E-state index in [0.29, 0.717) is 34.6 Å². The first-order valence-corrected chi connectivity index (χ1v) is 11.1. The molecule has 2 aromatic carbocycles. The molecule has 2 aromatic rings. The van der Waals surface area contributed by atoms with Crippen molar-refractivity contribution in [3.63, 3.8) is 0 Å². The van der Waals surface area contributed by atoms with Gasteiger partial charge < -0.3 is 30.3 Å². The number of benzene rings is 2.